The maximum atomic E-state index is 12.3. The van der Waals surface area contributed by atoms with E-state index < -0.39 is 10.0 Å². The lowest BCUT2D eigenvalue weighted by molar-refractivity contribution is -0.131. The first kappa shape index (κ1) is 17.3. The molecule has 0 saturated heterocycles. The molecule has 0 spiro atoms. The summed E-state index contributed by atoms with van der Waals surface area (Å²) < 4.78 is 26.9. The molecule has 0 unspecified atom stereocenters. The van der Waals surface area contributed by atoms with Crippen molar-refractivity contribution in [2.24, 2.45) is 0 Å². The highest BCUT2D eigenvalue weighted by atomic mass is 32.2. The summed E-state index contributed by atoms with van der Waals surface area (Å²) in [5.41, 5.74) is 8.00. The molecule has 8 nitrogen and oxygen atoms in total. The van der Waals surface area contributed by atoms with E-state index in [2.05, 4.69) is 14.7 Å². The molecule has 0 fully saturated rings. The number of aromatic nitrogens is 2. The van der Waals surface area contributed by atoms with Crippen LogP contribution in [0.25, 0.3) is 0 Å². The van der Waals surface area contributed by atoms with Crippen molar-refractivity contribution in [3.05, 3.63) is 47.3 Å². The van der Waals surface area contributed by atoms with Gasteiger partial charge in [0, 0.05) is 31.3 Å². The fraction of sp³-hybridized carbons (Fsp3) is 0.312. The van der Waals surface area contributed by atoms with Gasteiger partial charge in [0.25, 0.3) is 0 Å². The summed E-state index contributed by atoms with van der Waals surface area (Å²) in [4.78, 5) is 22.1. The summed E-state index contributed by atoms with van der Waals surface area (Å²) >= 11 is 0. The van der Waals surface area contributed by atoms with Gasteiger partial charge in [-0.15, -0.1) is 0 Å². The number of hydrogen-bond acceptors (Lipinski definition) is 6. The smallest absolute Gasteiger partial charge is 0.240 e. The van der Waals surface area contributed by atoms with Gasteiger partial charge < -0.3 is 10.6 Å². The van der Waals surface area contributed by atoms with Crippen molar-refractivity contribution >= 4 is 21.9 Å². The number of nitrogens with zero attached hydrogens (tertiary/aromatic N) is 3. The first-order valence-electron chi connectivity index (χ1n) is 7.79. The van der Waals surface area contributed by atoms with E-state index in [-0.39, 0.29) is 29.7 Å². The van der Waals surface area contributed by atoms with Gasteiger partial charge >= 0.3 is 0 Å². The van der Waals surface area contributed by atoms with Gasteiger partial charge in [-0.3, -0.25) is 4.79 Å². The van der Waals surface area contributed by atoms with Crippen LogP contribution in [-0.2, 0) is 27.9 Å². The summed E-state index contributed by atoms with van der Waals surface area (Å²) in [6.07, 6.45) is 1.69. The molecular weight excluding hydrogens is 342 g/mol. The van der Waals surface area contributed by atoms with Gasteiger partial charge in [0.15, 0.2) is 0 Å². The van der Waals surface area contributed by atoms with E-state index >= 15 is 0 Å². The molecule has 9 heteroatoms. The van der Waals surface area contributed by atoms with Gasteiger partial charge in [0.05, 0.1) is 17.1 Å². The number of nitrogens with one attached hydrogen (secondary N) is 1. The number of hydrogen-bond donors (Lipinski definition) is 2. The van der Waals surface area contributed by atoms with E-state index in [0.717, 1.165) is 16.8 Å². The number of rotatable bonds is 5. The number of anilines is 1. The Morgan fingerprint density at radius 1 is 1.36 bits per heavy atom. The monoisotopic (exact) mass is 361 g/mol. The number of nitrogen functional groups attached to an aromatic ring is 1. The lowest BCUT2D eigenvalue weighted by Gasteiger charge is -2.15. The van der Waals surface area contributed by atoms with Crippen LogP contribution in [0.2, 0.25) is 0 Å². The summed E-state index contributed by atoms with van der Waals surface area (Å²) in [5.74, 6) is 0.0301. The van der Waals surface area contributed by atoms with E-state index in [1.165, 1.54) is 6.07 Å². The van der Waals surface area contributed by atoms with Gasteiger partial charge in [-0.2, -0.15) is 0 Å². The zero-order valence-corrected chi connectivity index (χ0v) is 14.6. The molecule has 2 aromatic rings. The van der Waals surface area contributed by atoms with Crippen LogP contribution in [0.5, 0.6) is 0 Å². The first-order chi connectivity index (χ1) is 11.8. The van der Waals surface area contributed by atoms with E-state index in [1.54, 1.807) is 23.2 Å². The molecule has 1 amide bonds. The van der Waals surface area contributed by atoms with Crippen molar-refractivity contribution in [2.45, 2.75) is 31.3 Å². The average molecular weight is 361 g/mol. The van der Waals surface area contributed by atoms with Crippen molar-refractivity contribution in [3.63, 3.8) is 0 Å². The summed E-state index contributed by atoms with van der Waals surface area (Å²) in [6.45, 7) is 2.64. The summed E-state index contributed by atoms with van der Waals surface area (Å²) in [5, 5.41) is 0. The molecule has 0 atom stereocenters. The third-order valence-corrected chi connectivity index (χ3v) is 5.42. The molecule has 1 aliphatic heterocycles. The second-order valence-corrected chi connectivity index (χ2v) is 7.68. The van der Waals surface area contributed by atoms with Crippen molar-refractivity contribution in [3.8, 4) is 0 Å². The average Bonchev–Trinajstić information content (AvgIpc) is 2.98. The van der Waals surface area contributed by atoms with Crippen LogP contribution in [0.15, 0.2) is 35.4 Å². The highest BCUT2D eigenvalue weighted by Crippen LogP contribution is 2.21. The van der Waals surface area contributed by atoms with Crippen LogP contribution in [-0.4, -0.2) is 35.7 Å². The number of carbonyl (C=O) groups excluding carboxylic acids is 1. The van der Waals surface area contributed by atoms with Crippen LogP contribution in [0.1, 0.15) is 23.2 Å². The Kier molecular flexibility index (Phi) is 4.69. The second-order valence-electron chi connectivity index (χ2n) is 5.91. The Labute approximate surface area is 146 Å². The maximum absolute atomic E-state index is 12.3. The fourth-order valence-corrected chi connectivity index (χ4v) is 3.80. The number of fused-ring (bicyclic) bond motifs is 1. The van der Waals surface area contributed by atoms with E-state index in [0.29, 0.717) is 13.1 Å². The topological polar surface area (TPSA) is 118 Å². The number of sulfonamides is 1. The number of amides is 1. The molecule has 25 heavy (non-hydrogen) atoms. The summed E-state index contributed by atoms with van der Waals surface area (Å²) in [7, 11) is -3.62. The van der Waals surface area contributed by atoms with Crippen LogP contribution in [0.3, 0.4) is 0 Å². The van der Waals surface area contributed by atoms with Gasteiger partial charge in [-0.05, 0) is 24.6 Å². The molecule has 3 N–H and O–H groups in total. The Hall–Kier alpha value is -2.52. The minimum absolute atomic E-state index is 0.0375. The van der Waals surface area contributed by atoms with Gasteiger partial charge in [-0.25, -0.2) is 23.1 Å². The van der Waals surface area contributed by atoms with Crippen LogP contribution < -0.4 is 10.5 Å². The Morgan fingerprint density at radius 2 is 2.16 bits per heavy atom. The zero-order valence-electron chi connectivity index (χ0n) is 13.8. The zero-order chi connectivity index (χ0) is 18.0. The maximum Gasteiger partial charge on any atom is 0.240 e. The SMILES string of the molecule is Cc1cccc(S(=O)(=O)NCCC(=O)N2Cc3cnc(N)nc3C2)c1. The van der Waals surface area contributed by atoms with Crippen LogP contribution in [0, 0.1) is 6.92 Å². The lowest BCUT2D eigenvalue weighted by atomic mass is 10.2. The molecular formula is C16H19N5O3S. The number of benzene rings is 1. The number of carbonyl (C=O) groups is 1. The predicted octanol–water partition coefficient (Wildman–Crippen LogP) is 0.578. The first-order valence-corrected chi connectivity index (χ1v) is 9.28. The van der Waals surface area contributed by atoms with Crippen LogP contribution >= 0.6 is 0 Å². The Morgan fingerprint density at radius 3 is 2.92 bits per heavy atom. The van der Waals surface area contributed by atoms with Crippen molar-refractivity contribution in [1.82, 2.24) is 19.6 Å². The third-order valence-electron chi connectivity index (χ3n) is 3.96. The third kappa shape index (κ3) is 3.94. The molecule has 0 bridgehead atoms. The normalized spacial score (nSPS) is 13.7. The Balaban J connectivity index is 1.55. The molecule has 1 aliphatic rings. The van der Waals surface area contributed by atoms with Crippen molar-refractivity contribution in [1.29, 1.82) is 0 Å². The minimum atomic E-state index is -3.62. The largest absolute Gasteiger partial charge is 0.368 e. The van der Waals surface area contributed by atoms with Gasteiger partial charge in [-0.1, -0.05) is 12.1 Å². The van der Waals surface area contributed by atoms with Crippen molar-refractivity contribution < 1.29 is 13.2 Å². The quantitative estimate of drug-likeness (QED) is 0.804. The molecule has 0 saturated carbocycles. The molecule has 1 aromatic heterocycles. The van der Waals surface area contributed by atoms with Gasteiger partial charge in [0.2, 0.25) is 21.9 Å². The molecule has 0 radical (unpaired) electrons. The standard InChI is InChI=1S/C16H19N5O3S/c1-11-3-2-4-13(7-11)25(23,24)19-6-5-15(22)21-9-12-8-18-16(17)20-14(12)10-21/h2-4,7-8,19H,5-6,9-10H2,1H3,(H2,17,18,20). The molecule has 3 rings (SSSR count). The van der Waals surface area contributed by atoms with Crippen molar-refractivity contribution in [2.75, 3.05) is 12.3 Å². The molecule has 1 aromatic carbocycles. The molecule has 0 aliphatic carbocycles. The molecule has 132 valence electrons. The highest BCUT2D eigenvalue weighted by Gasteiger charge is 2.25. The molecule has 2 heterocycles. The van der Waals surface area contributed by atoms with E-state index in [1.807, 2.05) is 13.0 Å². The number of aryl methyl sites for hydroxylation is 1. The Bertz CT molecular complexity index is 914. The predicted molar refractivity (Wildman–Crippen MR) is 91.7 cm³/mol. The fourth-order valence-electron chi connectivity index (χ4n) is 2.66. The lowest BCUT2D eigenvalue weighted by Crippen LogP contribution is -2.31. The van der Waals surface area contributed by atoms with Gasteiger partial charge in [0.1, 0.15) is 0 Å². The minimum Gasteiger partial charge on any atom is -0.368 e. The second kappa shape index (κ2) is 6.77. The van der Waals surface area contributed by atoms with E-state index in [9.17, 15) is 13.2 Å². The van der Waals surface area contributed by atoms with Crippen LogP contribution in [0.4, 0.5) is 5.95 Å². The highest BCUT2D eigenvalue weighted by molar-refractivity contribution is 7.89. The summed E-state index contributed by atoms with van der Waals surface area (Å²) in [6, 6.07) is 6.62. The number of nitrogens with two attached hydrogens (primary N) is 1. The van der Waals surface area contributed by atoms with E-state index in [4.69, 9.17) is 5.73 Å².